The van der Waals surface area contributed by atoms with E-state index in [0.717, 1.165) is 32.0 Å². The highest BCUT2D eigenvalue weighted by atomic mass is 16.5. The van der Waals surface area contributed by atoms with Gasteiger partial charge < -0.3 is 15.0 Å². The van der Waals surface area contributed by atoms with Crippen molar-refractivity contribution in [1.82, 2.24) is 19.7 Å². The summed E-state index contributed by atoms with van der Waals surface area (Å²) in [6.45, 7) is 4.93. The van der Waals surface area contributed by atoms with E-state index >= 15 is 0 Å². The van der Waals surface area contributed by atoms with Gasteiger partial charge in [0.25, 0.3) is 0 Å². The molecule has 3 rings (SSSR count). The lowest BCUT2D eigenvalue weighted by atomic mass is 10.3. The van der Waals surface area contributed by atoms with Crippen LogP contribution in [0.1, 0.15) is 13.0 Å². The van der Waals surface area contributed by atoms with Gasteiger partial charge in [-0.15, -0.1) is 0 Å². The van der Waals surface area contributed by atoms with Crippen LogP contribution in [-0.4, -0.2) is 52.0 Å². The molecule has 2 aromatic rings. The van der Waals surface area contributed by atoms with Gasteiger partial charge in [0.1, 0.15) is 24.5 Å². The van der Waals surface area contributed by atoms with Gasteiger partial charge in [-0.05, 0) is 19.1 Å². The van der Waals surface area contributed by atoms with Crippen molar-refractivity contribution in [2.75, 3.05) is 36.5 Å². The van der Waals surface area contributed by atoms with Crippen LogP contribution in [0.3, 0.4) is 0 Å². The van der Waals surface area contributed by atoms with Crippen molar-refractivity contribution in [1.29, 1.82) is 0 Å². The fraction of sp³-hybridized carbons (Fsp3) is 0.429. The predicted octanol–water partition coefficient (Wildman–Crippen LogP) is 0.709. The summed E-state index contributed by atoms with van der Waals surface area (Å²) in [6.07, 6.45) is 4.68. The average molecular weight is 302 g/mol. The minimum atomic E-state index is -0.441. The Hall–Kier alpha value is -2.48. The molecule has 1 aliphatic heterocycles. The molecule has 8 nitrogen and oxygen atoms in total. The molecule has 1 aliphatic rings. The van der Waals surface area contributed by atoms with E-state index in [9.17, 15) is 4.79 Å². The molecule has 22 heavy (non-hydrogen) atoms. The number of nitrogens with one attached hydrogen (secondary N) is 1. The predicted molar refractivity (Wildman–Crippen MR) is 80.6 cm³/mol. The quantitative estimate of drug-likeness (QED) is 0.895. The highest BCUT2D eigenvalue weighted by Gasteiger charge is 2.16. The van der Waals surface area contributed by atoms with E-state index in [1.165, 1.54) is 17.3 Å². The molecular formula is C14H18N6O2. The highest BCUT2D eigenvalue weighted by Crippen LogP contribution is 2.17. The van der Waals surface area contributed by atoms with Crippen molar-refractivity contribution in [2.24, 2.45) is 0 Å². The summed E-state index contributed by atoms with van der Waals surface area (Å²) in [5, 5.41) is 6.74. The SMILES string of the molecule is CC(C(=O)Nc1ccc(N2CCOCC2)cn1)n1cncn1. The number of hydrogen-bond donors (Lipinski definition) is 1. The number of carbonyl (C=O) groups excluding carboxylic acids is 1. The Bertz CT molecular complexity index is 607. The summed E-state index contributed by atoms with van der Waals surface area (Å²) in [5.41, 5.74) is 1.03. The largest absolute Gasteiger partial charge is 0.378 e. The summed E-state index contributed by atoms with van der Waals surface area (Å²) in [7, 11) is 0. The molecule has 116 valence electrons. The molecule has 0 aliphatic carbocycles. The summed E-state index contributed by atoms with van der Waals surface area (Å²) in [6, 6.07) is 3.31. The van der Waals surface area contributed by atoms with Gasteiger partial charge in [-0.25, -0.2) is 14.6 Å². The van der Waals surface area contributed by atoms with Crippen molar-refractivity contribution in [3.63, 3.8) is 0 Å². The molecule has 8 heteroatoms. The maximum Gasteiger partial charge on any atom is 0.250 e. The zero-order chi connectivity index (χ0) is 15.4. The van der Waals surface area contributed by atoms with Gasteiger partial charge >= 0.3 is 0 Å². The number of rotatable bonds is 4. The first-order valence-corrected chi connectivity index (χ1v) is 7.18. The molecule has 0 radical (unpaired) electrons. The minimum absolute atomic E-state index is 0.183. The highest BCUT2D eigenvalue weighted by molar-refractivity contribution is 5.92. The van der Waals surface area contributed by atoms with Crippen LogP contribution in [0, 0.1) is 0 Å². The third-order valence-electron chi connectivity index (χ3n) is 3.59. The molecule has 1 unspecified atom stereocenters. The summed E-state index contributed by atoms with van der Waals surface area (Å²) < 4.78 is 6.82. The van der Waals surface area contributed by atoms with E-state index in [-0.39, 0.29) is 5.91 Å². The Morgan fingerprint density at radius 1 is 1.36 bits per heavy atom. The van der Waals surface area contributed by atoms with Crippen molar-refractivity contribution < 1.29 is 9.53 Å². The molecule has 1 saturated heterocycles. The summed E-state index contributed by atoms with van der Waals surface area (Å²) in [5.74, 6) is 0.339. The Balaban J connectivity index is 1.62. The second-order valence-electron chi connectivity index (χ2n) is 5.04. The smallest absolute Gasteiger partial charge is 0.250 e. The summed E-state index contributed by atoms with van der Waals surface area (Å²) >= 11 is 0. The molecule has 2 aromatic heterocycles. The number of aromatic nitrogens is 4. The standard InChI is InChI=1S/C14H18N6O2/c1-11(20-10-15-9-17-20)14(21)18-13-3-2-12(8-16-13)19-4-6-22-7-5-19/h2-3,8-11H,4-7H2,1H3,(H,16,18,21). The number of pyridine rings is 1. The summed E-state index contributed by atoms with van der Waals surface area (Å²) in [4.78, 5) is 22.5. The number of carbonyl (C=O) groups is 1. The van der Waals surface area contributed by atoms with E-state index in [2.05, 4.69) is 25.3 Å². The second kappa shape index (κ2) is 6.52. The van der Waals surface area contributed by atoms with Crippen LogP contribution in [0.4, 0.5) is 11.5 Å². The minimum Gasteiger partial charge on any atom is -0.378 e. The number of nitrogens with zero attached hydrogens (tertiary/aromatic N) is 5. The molecule has 1 amide bonds. The lowest BCUT2D eigenvalue weighted by molar-refractivity contribution is -0.119. The van der Waals surface area contributed by atoms with E-state index in [0.29, 0.717) is 5.82 Å². The van der Waals surface area contributed by atoms with Gasteiger partial charge in [-0.1, -0.05) is 0 Å². The van der Waals surface area contributed by atoms with Gasteiger partial charge in [-0.2, -0.15) is 5.10 Å². The van der Waals surface area contributed by atoms with Crippen LogP contribution in [0.25, 0.3) is 0 Å². The second-order valence-corrected chi connectivity index (χ2v) is 5.04. The van der Waals surface area contributed by atoms with Crippen molar-refractivity contribution >= 4 is 17.4 Å². The van der Waals surface area contributed by atoms with Gasteiger partial charge in [0, 0.05) is 13.1 Å². The van der Waals surface area contributed by atoms with Crippen molar-refractivity contribution in [3.8, 4) is 0 Å². The molecule has 0 bridgehead atoms. The Morgan fingerprint density at radius 2 is 2.18 bits per heavy atom. The van der Waals surface area contributed by atoms with E-state index in [4.69, 9.17) is 4.74 Å². The molecular weight excluding hydrogens is 284 g/mol. The van der Waals surface area contributed by atoms with Crippen molar-refractivity contribution in [3.05, 3.63) is 31.0 Å². The third-order valence-corrected chi connectivity index (χ3v) is 3.59. The van der Waals surface area contributed by atoms with Gasteiger partial charge in [-0.3, -0.25) is 4.79 Å². The molecule has 1 N–H and O–H groups in total. The number of amides is 1. The lowest BCUT2D eigenvalue weighted by Crippen LogP contribution is -2.36. The molecule has 1 atom stereocenters. The normalized spacial score (nSPS) is 16.3. The monoisotopic (exact) mass is 302 g/mol. The number of morpholine rings is 1. The van der Waals surface area contributed by atoms with Crippen LogP contribution >= 0.6 is 0 Å². The Kier molecular flexibility index (Phi) is 4.29. The van der Waals surface area contributed by atoms with Gasteiger partial charge in [0.15, 0.2) is 0 Å². The molecule has 0 aromatic carbocycles. The zero-order valence-electron chi connectivity index (χ0n) is 12.3. The topological polar surface area (TPSA) is 85.2 Å². The van der Waals surface area contributed by atoms with E-state index < -0.39 is 6.04 Å². The van der Waals surface area contributed by atoms with E-state index in [1.54, 1.807) is 19.2 Å². The van der Waals surface area contributed by atoms with Crippen LogP contribution in [0.5, 0.6) is 0 Å². The van der Waals surface area contributed by atoms with E-state index in [1.807, 2.05) is 6.07 Å². The number of ether oxygens (including phenoxy) is 1. The third kappa shape index (κ3) is 3.22. The first-order chi connectivity index (χ1) is 10.7. The number of anilines is 2. The Labute approximate surface area is 128 Å². The van der Waals surface area contributed by atoms with Gasteiger partial charge in [0.2, 0.25) is 5.91 Å². The molecule has 1 fully saturated rings. The van der Waals surface area contributed by atoms with Crippen molar-refractivity contribution in [2.45, 2.75) is 13.0 Å². The van der Waals surface area contributed by atoms with Crippen LogP contribution in [0.2, 0.25) is 0 Å². The zero-order valence-corrected chi connectivity index (χ0v) is 12.3. The van der Waals surface area contributed by atoms with Crippen LogP contribution in [-0.2, 0) is 9.53 Å². The average Bonchev–Trinajstić information content (AvgIpc) is 3.10. The molecule has 0 spiro atoms. The fourth-order valence-corrected chi connectivity index (χ4v) is 2.24. The van der Waals surface area contributed by atoms with Gasteiger partial charge in [0.05, 0.1) is 25.1 Å². The first-order valence-electron chi connectivity index (χ1n) is 7.18. The van der Waals surface area contributed by atoms with Crippen LogP contribution < -0.4 is 10.2 Å². The fourth-order valence-electron chi connectivity index (χ4n) is 2.24. The lowest BCUT2D eigenvalue weighted by Gasteiger charge is -2.28. The Morgan fingerprint density at radius 3 is 2.82 bits per heavy atom. The van der Waals surface area contributed by atoms with Crippen LogP contribution in [0.15, 0.2) is 31.0 Å². The first kappa shape index (κ1) is 14.5. The molecule has 3 heterocycles. The molecule has 0 saturated carbocycles. The maximum atomic E-state index is 12.1. The number of hydrogen-bond acceptors (Lipinski definition) is 6. The maximum absolute atomic E-state index is 12.1.